The number of ether oxygens (including phenoxy) is 1. The van der Waals surface area contributed by atoms with Gasteiger partial charge in [-0.25, -0.2) is 8.78 Å². The first-order chi connectivity index (χ1) is 12.5. The summed E-state index contributed by atoms with van der Waals surface area (Å²) >= 11 is 12.6. The number of anilines is 1. The molecule has 0 aliphatic rings. The standard InChI is InChI=1S/C20H15Cl2F2NO/c21-18-9-14(11-25-17-7-5-16(24)6-8-17)10-19(22)20(18)26-12-13-1-3-15(23)4-2-13/h1-10,25H,11-12H2. The third kappa shape index (κ3) is 4.87. The second-order valence-corrected chi connectivity index (χ2v) is 6.48. The van der Waals surface area contributed by atoms with Crippen molar-refractivity contribution >= 4 is 28.9 Å². The Balaban J connectivity index is 1.65. The predicted octanol–water partition coefficient (Wildman–Crippen LogP) is 6.46. The van der Waals surface area contributed by atoms with Crippen molar-refractivity contribution in [1.82, 2.24) is 0 Å². The molecule has 0 saturated heterocycles. The van der Waals surface area contributed by atoms with E-state index in [1.165, 1.54) is 24.3 Å². The molecular weight excluding hydrogens is 379 g/mol. The Morgan fingerprint density at radius 3 is 1.88 bits per heavy atom. The average molecular weight is 394 g/mol. The smallest absolute Gasteiger partial charge is 0.156 e. The minimum atomic E-state index is -0.303. The van der Waals surface area contributed by atoms with Crippen molar-refractivity contribution in [2.75, 3.05) is 5.32 Å². The lowest BCUT2D eigenvalue weighted by atomic mass is 10.2. The van der Waals surface area contributed by atoms with Gasteiger partial charge in [0, 0.05) is 12.2 Å². The van der Waals surface area contributed by atoms with Crippen LogP contribution in [0.15, 0.2) is 60.7 Å². The zero-order valence-electron chi connectivity index (χ0n) is 13.6. The lowest BCUT2D eigenvalue weighted by molar-refractivity contribution is 0.306. The largest absolute Gasteiger partial charge is 0.486 e. The van der Waals surface area contributed by atoms with Crippen molar-refractivity contribution in [3.8, 4) is 5.75 Å². The molecule has 2 nitrogen and oxygen atoms in total. The Labute approximate surface area is 160 Å². The summed E-state index contributed by atoms with van der Waals surface area (Å²) in [7, 11) is 0. The van der Waals surface area contributed by atoms with E-state index in [9.17, 15) is 8.78 Å². The molecule has 0 saturated carbocycles. The van der Waals surface area contributed by atoms with Gasteiger partial charge in [0.2, 0.25) is 0 Å². The third-order valence-electron chi connectivity index (χ3n) is 3.70. The Kier molecular flexibility index (Phi) is 5.96. The SMILES string of the molecule is Fc1ccc(COc2c(Cl)cc(CNc3ccc(F)cc3)cc2Cl)cc1. The summed E-state index contributed by atoms with van der Waals surface area (Å²) in [6.07, 6.45) is 0. The van der Waals surface area contributed by atoms with Crippen molar-refractivity contribution in [1.29, 1.82) is 0 Å². The second kappa shape index (κ2) is 8.39. The van der Waals surface area contributed by atoms with E-state index >= 15 is 0 Å². The molecule has 0 spiro atoms. The summed E-state index contributed by atoms with van der Waals surface area (Å²) in [6.45, 7) is 0.705. The van der Waals surface area contributed by atoms with E-state index in [2.05, 4.69) is 5.32 Å². The number of benzene rings is 3. The highest BCUT2D eigenvalue weighted by Crippen LogP contribution is 2.35. The van der Waals surface area contributed by atoms with Crippen LogP contribution in [-0.2, 0) is 13.2 Å². The zero-order valence-corrected chi connectivity index (χ0v) is 15.1. The minimum Gasteiger partial charge on any atom is -0.486 e. The van der Waals surface area contributed by atoms with Gasteiger partial charge in [-0.1, -0.05) is 35.3 Å². The molecule has 0 bridgehead atoms. The van der Waals surface area contributed by atoms with Gasteiger partial charge in [-0.15, -0.1) is 0 Å². The molecule has 1 N–H and O–H groups in total. The molecule has 0 atom stereocenters. The van der Waals surface area contributed by atoms with Gasteiger partial charge in [-0.05, 0) is 59.7 Å². The van der Waals surface area contributed by atoms with Gasteiger partial charge in [0.05, 0.1) is 10.0 Å². The van der Waals surface area contributed by atoms with Crippen LogP contribution in [0.1, 0.15) is 11.1 Å². The lowest BCUT2D eigenvalue weighted by Gasteiger charge is -2.13. The maximum Gasteiger partial charge on any atom is 0.156 e. The van der Waals surface area contributed by atoms with E-state index in [0.29, 0.717) is 22.3 Å². The van der Waals surface area contributed by atoms with E-state index in [4.69, 9.17) is 27.9 Å². The van der Waals surface area contributed by atoms with Crippen LogP contribution >= 0.6 is 23.2 Å². The first-order valence-electron chi connectivity index (χ1n) is 7.86. The van der Waals surface area contributed by atoms with Gasteiger partial charge >= 0.3 is 0 Å². The summed E-state index contributed by atoms with van der Waals surface area (Å²) in [6, 6.07) is 15.6. The maximum absolute atomic E-state index is 12.9. The molecule has 0 aliphatic heterocycles. The Hall–Kier alpha value is -2.30. The summed E-state index contributed by atoms with van der Waals surface area (Å²) in [5, 5.41) is 3.93. The highest BCUT2D eigenvalue weighted by atomic mass is 35.5. The van der Waals surface area contributed by atoms with Crippen LogP contribution in [0, 0.1) is 11.6 Å². The summed E-state index contributed by atoms with van der Waals surface area (Å²) < 4.78 is 31.5. The molecule has 0 heterocycles. The van der Waals surface area contributed by atoms with Crippen LogP contribution in [0.4, 0.5) is 14.5 Å². The molecule has 0 fully saturated rings. The van der Waals surface area contributed by atoms with Crippen LogP contribution in [0.2, 0.25) is 10.0 Å². The van der Waals surface area contributed by atoms with E-state index in [1.54, 1.807) is 36.4 Å². The topological polar surface area (TPSA) is 21.3 Å². The molecular formula is C20H15Cl2F2NO. The first-order valence-corrected chi connectivity index (χ1v) is 8.61. The van der Waals surface area contributed by atoms with Gasteiger partial charge in [-0.2, -0.15) is 0 Å². The number of halogens is 4. The Morgan fingerprint density at radius 1 is 0.769 bits per heavy atom. The third-order valence-corrected chi connectivity index (χ3v) is 4.26. The Morgan fingerprint density at radius 2 is 1.31 bits per heavy atom. The second-order valence-electron chi connectivity index (χ2n) is 5.66. The van der Waals surface area contributed by atoms with Gasteiger partial charge in [0.25, 0.3) is 0 Å². The molecule has 26 heavy (non-hydrogen) atoms. The van der Waals surface area contributed by atoms with Gasteiger partial charge in [0.1, 0.15) is 18.2 Å². The molecule has 0 amide bonds. The molecule has 0 radical (unpaired) electrons. The molecule has 3 aromatic rings. The first kappa shape index (κ1) is 18.5. The van der Waals surface area contributed by atoms with E-state index in [1.807, 2.05) is 0 Å². The van der Waals surface area contributed by atoms with Gasteiger partial charge in [-0.3, -0.25) is 0 Å². The van der Waals surface area contributed by atoms with Gasteiger partial charge in [0.15, 0.2) is 5.75 Å². The molecule has 3 aromatic carbocycles. The highest BCUT2D eigenvalue weighted by Gasteiger charge is 2.10. The quantitative estimate of drug-likeness (QED) is 0.518. The maximum atomic E-state index is 12.9. The molecule has 0 aromatic heterocycles. The lowest BCUT2D eigenvalue weighted by Crippen LogP contribution is -2.01. The van der Waals surface area contributed by atoms with Crippen molar-refractivity contribution < 1.29 is 13.5 Å². The van der Waals surface area contributed by atoms with Crippen LogP contribution in [0.3, 0.4) is 0 Å². The van der Waals surface area contributed by atoms with E-state index in [0.717, 1.165) is 16.8 Å². The predicted molar refractivity (Wildman–Crippen MR) is 101 cm³/mol. The fourth-order valence-electron chi connectivity index (χ4n) is 2.36. The van der Waals surface area contributed by atoms with Crippen molar-refractivity contribution in [2.45, 2.75) is 13.2 Å². The van der Waals surface area contributed by atoms with Crippen LogP contribution in [-0.4, -0.2) is 0 Å². The molecule has 134 valence electrons. The number of rotatable bonds is 6. The fourth-order valence-corrected chi connectivity index (χ4v) is 3.00. The minimum absolute atomic E-state index is 0.229. The monoisotopic (exact) mass is 393 g/mol. The summed E-state index contributed by atoms with van der Waals surface area (Å²) in [4.78, 5) is 0. The highest BCUT2D eigenvalue weighted by molar-refractivity contribution is 6.37. The number of hydrogen-bond acceptors (Lipinski definition) is 2. The number of nitrogens with one attached hydrogen (secondary N) is 1. The normalized spacial score (nSPS) is 10.6. The summed E-state index contributed by atoms with van der Waals surface area (Å²) in [5.74, 6) is -0.213. The molecule has 3 rings (SSSR count). The fraction of sp³-hybridized carbons (Fsp3) is 0.100. The van der Waals surface area contributed by atoms with Crippen molar-refractivity contribution in [2.24, 2.45) is 0 Å². The van der Waals surface area contributed by atoms with E-state index < -0.39 is 0 Å². The molecule has 0 unspecified atom stereocenters. The molecule has 6 heteroatoms. The Bertz CT molecular complexity index is 860. The van der Waals surface area contributed by atoms with Crippen LogP contribution < -0.4 is 10.1 Å². The number of hydrogen-bond donors (Lipinski definition) is 1. The zero-order chi connectivity index (χ0) is 18.5. The molecule has 0 aliphatic carbocycles. The van der Waals surface area contributed by atoms with Crippen LogP contribution in [0.5, 0.6) is 5.75 Å². The summed E-state index contributed by atoms with van der Waals surface area (Å²) in [5.41, 5.74) is 2.45. The van der Waals surface area contributed by atoms with Crippen molar-refractivity contribution in [3.63, 3.8) is 0 Å². The average Bonchev–Trinajstić information content (AvgIpc) is 2.62. The van der Waals surface area contributed by atoms with Crippen LogP contribution in [0.25, 0.3) is 0 Å². The van der Waals surface area contributed by atoms with Gasteiger partial charge < -0.3 is 10.1 Å². The van der Waals surface area contributed by atoms with E-state index in [-0.39, 0.29) is 18.2 Å². The van der Waals surface area contributed by atoms with Crippen molar-refractivity contribution in [3.05, 3.63) is 93.5 Å².